The largest absolute Gasteiger partial charge is 0.481 e. The SMILES string of the molecule is Cc1ccc(NC(=O)C(C)C(C)C(=O)O)c(C)n1. The Morgan fingerprint density at radius 1 is 1.22 bits per heavy atom. The van der Waals surface area contributed by atoms with E-state index in [1.807, 2.05) is 6.92 Å². The fourth-order valence-electron chi connectivity index (χ4n) is 1.51. The quantitative estimate of drug-likeness (QED) is 0.856. The van der Waals surface area contributed by atoms with E-state index in [1.165, 1.54) is 6.92 Å². The number of aromatic nitrogens is 1. The zero-order valence-corrected chi connectivity index (χ0v) is 11.0. The van der Waals surface area contributed by atoms with E-state index in [-0.39, 0.29) is 5.91 Å². The first-order valence-corrected chi connectivity index (χ1v) is 5.81. The number of carboxylic acid groups (broad SMARTS) is 1. The zero-order chi connectivity index (χ0) is 13.9. The summed E-state index contributed by atoms with van der Waals surface area (Å²) in [6.45, 7) is 6.79. The van der Waals surface area contributed by atoms with E-state index in [2.05, 4.69) is 10.3 Å². The predicted octanol–water partition coefficient (Wildman–Crippen LogP) is 1.99. The van der Waals surface area contributed by atoms with Crippen LogP contribution < -0.4 is 5.32 Å². The molecule has 0 bridgehead atoms. The third kappa shape index (κ3) is 3.29. The number of amides is 1. The Morgan fingerprint density at radius 2 is 1.83 bits per heavy atom. The molecule has 98 valence electrons. The average molecular weight is 250 g/mol. The molecule has 0 radical (unpaired) electrons. The van der Waals surface area contributed by atoms with Crippen LogP contribution in [0.2, 0.25) is 0 Å². The van der Waals surface area contributed by atoms with Crippen molar-refractivity contribution in [3.8, 4) is 0 Å². The molecule has 0 saturated heterocycles. The van der Waals surface area contributed by atoms with Gasteiger partial charge in [-0.05, 0) is 26.0 Å². The number of rotatable bonds is 4. The number of anilines is 1. The van der Waals surface area contributed by atoms with Crippen LogP contribution in [0.1, 0.15) is 25.2 Å². The number of aliphatic carboxylic acids is 1. The van der Waals surface area contributed by atoms with Crippen LogP contribution in [0.15, 0.2) is 12.1 Å². The molecule has 2 unspecified atom stereocenters. The summed E-state index contributed by atoms with van der Waals surface area (Å²) in [6.07, 6.45) is 0. The van der Waals surface area contributed by atoms with E-state index in [0.29, 0.717) is 5.69 Å². The van der Waals surface area contributed by atoms with Gasteiger partial charge in [0.15, 0.2) is 0 Å². The van der Waals surface area contributed by atoms with Crippen molar-refractivity contribution in [1.29, 1.82) is 0 Å². The van der Waals surface area contributed by atoms with Gasteiger partial charge in [-0.15, -0.1) is 0 Å². The highest BCUT2D eigenvalue weighted by Crippen LogP contribution is 2.17. The first-order valence-electron chi connectivity index (χ1n) is 5.81. The van der Waals surface area contributed by atoms with Gasteiger partial charge in [-0.1, -0.05) is 13.8 Å². The smallest absolute Gasteiger partial charge is 0.307 e. The van der Waals surface area contributed by atoms with Crippen LogP contribution in [-0.2, 0) is 9.59 Å². The van der Waals surface area contributed by atoms with Gasteiger partial charge in [0.1, 0.15) is 0 Å². The lowest BCUT2D eigenvalue weighted by Gasteiger charge is -2.16. The van der Waals surface area contributed by atoms with Crippen LogP contribution in [0.3, 0.4) is 0 Å². The molecule has 0 aliphatic carbocycles. The van der Waals surface area contributed by atoms with Crippen LogP contribution in [0, 0.1) is 25.7 Å². The van der Waals surface area contributed by atoms with Gasteiger partial charge in [-0.25, -0.2) is 0 Å². The Kier molecular flexibility index (Phi) is 4.42. The number of carbonyl (C=O) groups excluding carboxylic acids is 1. The van der Waals surface area contributed by atoms with Crippen LogP contribution in [-0.4, -0.2) is 22.0 Å². The topological polar surface area (TPSA) is 79.3 Å². The highest BCUT2D eigenvalue weighted by atomic mass is 16.4. The molecule has 0 fully saturated rings. The number of carbonyl (C=O) groups is 2. The number of carboxylic acids is 1. The molecule has 1 heterocycles. The summed E-state index contributed by atoms with van der Waals surface area (Å²) in [7, 11) is 0. The highest BCUT2D eigenvalue weighted by Gasteiger charge is 2.26. The zero-order valence-electron chi connectivity index (χ0n) is 11.0. The van der Waals surface area contributed by atoms with E-state index in [9.17, 15) is 9.59 Å². The lowest BCUT2D eigenvalue weighted by Crippen LogP contribution is -2.30. The second kappa shape index (κ2) is 5.62. The minimum Gasteiger partial charge on any atom is -0.481 e. The van der Waals surface area contributed by atoms with Gasteiger partial charge in [-0.3, -0.25) is 14.6 Å². The third-order valence-corrected chi connectivity index (χ3v) is 3.04. The Morgan fingerprint density at radius 3 is 2.33 bits per heavy atom. The number of hydrogen-bond donors (Lipinski definition) is 2. The maximum atomic E-state index is 11.9. The molecular weight excluding hydrogens is 232 g/mol. The Balaban J connectivity index is 2.78. The summed E-state index contributed by atoms with van der Waals surface area (Å²) in [5.41, 5.74) is 2.21. The van der Waals surface area contributed by atoms with E-state index >= 15 is 0 Å². The minimum atomic E-state index is -0.976. The molecule has 1 rings (SSSR count). The summed E-state index contributed by atoms with van der Waals surface area (Å²) in [5.74, 6) is -2.60. The lowest BCUT2D eigenvalue weighted by atomic mass is 9.95. The molecule has 2 atom stereocenters. The predicted molar refractivity (Wildman–Crippen MR) is 68.3 cm³/mol. The molecule has 1 aromatic heterocycles. The Hall–Kier alpha value is -1.91. The molecule has 0 aliphatic heterocycles. The number of nitrogens with zero attached hydrogens (tertiary/aromatic N) is 1. The van der Waals surface area contributed by atoms with Gasteiger partial charge in [0.2, 0.25) is 5.91 Å². The number of pyridine rings is 1. The molecule has 0 saturated carbocycles. The molecule has 0 aliphatic rings. The number of aryl methyl sites for hydroxylation is 2. The molecule has 5 heteroatoms. The minimum absolute atomic E-state index is 0.307. The van der Waals surface area contributed by atoms with Gasteiger partial charge in [-0.2, -0.15) is 0 Å². The summed E-state index contributed by atoms with van der Waals surface area (Å²) >= 11 is 0. The maximum Gasteiger partial charge on any atom is 0.307 e. The van der Waals surface area contributed by atoms with Crippen LogP contribution in [0.25, 0.3) is 0 Å². The molecule has 2 N–H and O–H groups in total. The summed E-state index contributed by atoms with van der Waals surface area (Å²) < 4.78 is 0. The Bertz CT molecular complexity index is 471. The second-order valence-electron chi connectivity index (χ2n) is 4.49. The molecule has 0 spiro atoms. The van der Waals surface area contributed by atoms with Crippen LogP contribution >= 0.6 is 0 Å². The Labute approximate surface area is 106 Å². The number of nitrogens with one attached hydrogen (secondary N) is 1. The second-order valence-corrected chi connectivity index (χ2v) is 4.49. The van der Waals surface area contributed by atoms with Crippen molar-refractivity contribution in [2.24, 2.45) is 11.8 Å². The van der Waals surface area contributed by atoms with Gasteiger partial charge < -0.3 is 10.4 Å². The van der Waals surface area contributed by atoms with Gasteiger partial charge in [0.25, 0.3) is 0 Å². The van der Waals surface area contributed by atoms with Crippen LogP contribution in [0.4, 0.5) is 5.69 Å². The first kappa shape index (κ1) is 14.2. The summed E-state index contributed by atoms with van der Waals surface area (Å²) in [6, 6.07) is 3.57. The molecule has 5 nitrogen and oxygen atoms in total. The fraction of sp³-hybridized carbons (Fsp3) is 0.462. The van der Waals surface area contributed by atoms with Crippen molar-refractivity contribution >= 4 is 17.6 Å². The van der Waals surface area contributed by atoms with Crippen molar-refractivity contribution in [2.75, 3.05) is 5.32 Å². The highest BCUT2D eigenvalue weighted by molar-refractivity contribution is 5.95. The summed E-state index contributed by atoms with van der Waals surface area (Å²) in [4.78, 5) is 26.9. The van der Waals surface area contributed by atoms with E-state index in [4.69, 9.17) is 5.11 Å². The number of hydrogen-bond acceptors (Lipinski definition) is 3. The van der Waals surface area contributed by atoms with Gasteiger partial charge in [0.05, 0.1) is 17.3 Å². The van der Waals surface area contributed by atoms with E-state index < -0.39 is 17.8 Å². The third-order valence-electron chi connectivity index (χ3n) is 3.04. The van der Waals surface area contributed by atoms with Gasteiger partial charge in [0, 0.05) is 11.6 Å². The molecule has 1 aromatic rings. The summed E-state index contributed by atoms with van der Waals surface area (Å²) in [5, 5.41) is 11.6. The van der Waals surface area contributed by atoms with Crippen molar-refractivity contribution in [3.63, 3.8) is 0 Å². The van der Waals surface area contributed by atoms with E-state index in [1.54, 1.807) is 26.0 Å². The standard InChI is InChI=1S/C13H18N2O3/c1-7-5-6-11(10(4)14-7)15-12(16)8(2)9(3)13(17)18/h5-6,8-9H,1-4H3,(H,15,16)(H,17,18). The van der Waals surface area contributed by atoms with Crippen molar-refractivity contribution < 1.29 is 14.7 Å². The first-order chi connectivity index (χ1) is 8.32. The van der Waals surface area contributed by atoms with E-state index in [0.717, 1.165) is 11.4 Å². The maximum absolute atomic E-state index is 11.9. The monoisotopic (exact) mass is 250 g/mol. The fourth-order valence-corrected chi connectivity index (χ4v) is 1.51. The van der Waals surface area contributed by atoms with Crippen molar-refractivity contribution in [3.05, 3.63) is 23.5 Å². The molecular formula is C13H18N2O3. The van der Waals surface area contributed by atoms with Crippen LogP contribution in [0.5, 0.6) is 0 Å². The lowest BCUT2D eigenvalue weighted by molar-refractivity contribution is -0.145. The molecule has 0 aromatic carbocycles. The normalized spacial score (nSPS) is 13.8. The average Bonchev–Trinajstić information content (AvgIpc) is 2.30. The molecule has 1 amide bonds. The molecule has 18 heavy (non-hydrogen) atoms. The van der Waals surface area contributed by atoms with Crippen molar-refractivity contribution in [1.82, 2.24) is 4.98 Å². The van der Waals surface area contributed by atoms with Crippen molar-refractivity contribution in [2.45, 2.75) is 27.7 Å². The van der Waals surface area contributed by atoms with Gasteiger partial charge >= 0.3 is 5.97 Å².